The third-order valence-electron chi connectivity index (χ3n) is 6.17. The average Bonchev–Trinajstić information content (AvgIpc) is 3.43. The van der Waals surface area contributed by atoms with E-state index in [2.05, 4.69) is 60.5 Å². The zero-order valence-electron chi connectivity index (χ0n) is 18.1. The topological polar surface area (TPSA) is 38.8 Å². The molecular weight excluding hydrogens is 418 g/mol. The van der Waals surface area contributed by atoms with Crippen molar-refractivity contribution in [2.24, 2.45) is 0 Å². The van der Waals surface area contributed by atoms with Crippen molar-refractivity contribution in [1.29, 1.82) is 0 Å². The highest BCUT2D eigenvalue weighted by Gasteiger charge is 2.28. The van der Waals surface area contributed by atoms with Gasteiger partial charge < -0.3 is 14.4 Å². The number of nitrogens with zero attached hydrogens (tertiary/aromatic N) is 1. The van der Waals surface area contributed by atoms with Crippen LogP contribution in [0.25, 0.3) is 10.4 Å². The fourth-order valence-electron chi connectivity index (χ4n) is 4.55. The number of carbonyl (C=O) groups excluding carboxylic acids is 1. The molecule has 1 aliphatic carbocycles. The highest BCUT2D eigenvalue weighted by Crippen LogP contribution is 2.43. The molecule has 0 spiro atoms. The van der Waals surface area contributed by atoms with Crippen molar-refractivity contribution >= 4 is 17.2 Å². The highest BCUT2D eigenvalue weighted by atomic mass is 32.1. The molecule has 1 amide bonds. The number of amides is 1. The van der Waals surface area contributed by atoms with Crippen LogP contribution in [0, 0.1) is 0 Å². The van der Waals surface area contributed by atoms with Crippen molar-refractivity contribution in [3.05, 3.63) is 83.3 Å². The van der Waals surface area contributed by atoms with Gasteiger partial charge in [-0.1, -0.05) is 36.4 Å². The molecule has 1 unspecified atom stereocenters. The van der Waals surface area contributed by atoms with Crippen molar-refractivity contribution in [2.45, 2.75) is 38.3 Å². The van der Waals surface area contributed by atoms with Crippen LogP contribution in [0.1, 0.15) is 42.1 Å². The van der Waals surface area contributed by atoms with Crippen LogP contribution in [0.2, 0.25) is 0 Å². The summed E-state index contributed by atoms with van der Waals surface area (Å²) in [6.07, 6.45) is 4.97. The molecule has 2 aromatic carbocycles. The number of thiophene rings is 1. The summed E-state index contributed by atoms with van der Waals surface area (Å²) in [4.78, 5) is 15.8. The van der Waals surface area contributed by atoms with Gasteiger partial charge in [0.15, 0.2) is 11.5 Å². The van der Waals surface area contributed by atoms with Crippen LogP contribution >= 0.6 is 11.3 Å². The Morgan fingerprint density at radius 3 is 2.97 bits per heavy atom. The van der Waals surface area contributed by atoms with Crippen LogP contribution in [-0.4, -0.2) is 24.0 Å². The summed E-state index contributed by atoms with van der Waals surface area (Å²) >= 11 is 1.70. The summed E-state index contributed by atoms with van der Waals surface area (Å²) < 4.78 is 12.8. The summed E-state index contributed by atoms with van der Waals surface area (Å²) in [7, 11) is 0. The van der Waals surface area contributed by atoms with E-state index in [4.69, 9.17) is 9.47 Å². The van der Waals surface area contributed by atoms with Gasteiger partial charge in [0.25, 0.3) is 0 Å². The van der Waals surface area contributed by atoms with Gasteiger partial charge in [-0.05, 0) is 59.5 Å². The summed E-state index contributed by atoms with van der Waals surface area (Å²) in [5.41, 5.74) is 4.72. The first kappa shape index (κ1) is 20.8. The Hall–Kier alpha value is -3.05. The molecule has 3 aromatic rings. The van der Waals surface area contributed by atoms with Gasteiger partial charge in [-0.2, -0.15) is 0 Å². The van der Waals surface area contributed by atoms with Gasteiger partial charge in [0, 0.05) is 23.4 Å². The second kappa shape index (κ2) is 9.21. The fraction of sp³-hybridized carbons (Fsp3) is 0.296. The Kier molecular flexibility index (Phi) is 5.99. The van der Waals surface area contributed by atoms with Crippen LogP contribution in [0.15, 0.2) is 66.6 Å². The van der Waals surface area contributed by atoms with E-state index in [1.807, 2.05) is 4.90 Å². The van der Waals surface area contributed by atoms with E-state index in [-0.39, 0.29) is 12.0 Å². The van der Waals surface area contributed by atoms with E-state index in [0.29, 0.717) is 32.5 Å². The number of hydrogen-bond acceptors (Lipinski definition) is 4. The maximum absolute atomic E-state index is 12.7. The van der Waals surface area contributed by atoms with Gasteiger partial charge in [-0.25, -0.2) is 0 Å². The predicted molar refractivity (Wildman–Crippen MR) is 128 cm³/mol. The second-order valence-electron chi connectivity index (χ2n) is 8.28. The standard InChI is InChI=1S/C27H27NO3S/c1-2-3-10-26(29)28-13-14-30-27-21(18-28)16-20(25-9-6-15-32-25)17-24(27)31-23-12-11-19-7-4-5-8-22(19)23/h2,4-9,15-17,23H,1,3,10-14,18H2. The van der Waals surface area contributed by atoms with Gasteiger partial charge in [0.05, 0.1) is 6.54 Å². The lowest BCUT2D eigenvalue weighted by atomic mass is 10.1. The van der Waals surface area contributed by atoms with Gasteiger partial charge in [-0.15, -0.1) is 17.9 Å². The zero-order valence-corrected chi connectivity index (χ0v) is 18.9. The number of hydrogen-bond donors (Lipinski definition) is 0. The molecule has 4 nitrogen and oxygen atoms in total. The molecule has 32 heavy (non-hydrogen) atoms. The van der Waals surface area contributed by atoms with Crippen molar-refractivity contribution in [1.82, 2.24) is 4.90 Å². The Balaban J connectivity index is 1.50. The van der Waals surface area contributed by atoms with E-state index in [1.165, 1.54) is 16.0 Å². The number of ether oxygens (including phenoxy) is 2. The van der Waals surface area contributed by atoms with Gasteiger partial charge in [0.2, 0.25) is 5.91 Å². The van der Waals surface area contributed by atoms with Gasteiger partial charge in [0.1, 0.15) is 12.7 Å². The van der Waals surface area contributed by atoms with Crippen LogP contribution in [0.4, 0.5) is 0 Å². The van der Waals surface area contributed by atoms with Crippen molar-refractivity contribution in [2.75, 3.05) is 13.2 Å². The fourth-order valence-corrected chi connectivity index (χ4v) is 5.26. The Morgan fingerprint density at radius 1 is 1.22 bits per heavy atom. The molecule has 1 aromatic heterocycles. The minimum atomic E-state index is 0.0195. The monoisotopic (exact) mass is 445 g/mol. The van der Waals surface area contributed by atoms with Crippen molar-refractivity contribution in [3.8, 4) is 21.9 Å². The Morgan fingerprint density at radius 2 is 2.12 bits per heavy atom. The first-order valence-electron chi connectivity index (χ1n) is 11.2. The quantitative estimate of drug-likeness (QED) is 0.426. The maximum Gasteiger partial charge on any atom is 0.223 e. The summed E-state index contributed by atoms with van der Waals surface area (Å²) in [6.45, 7) is 5.30. The summed E-state index contributed by atoms with van der Waals surface area (Å²) in [5.74, 6) is 1.68. The maximum atomic E-state index is 12.7. The molecule has 1 atom stereocenters. The minimum Gasteiger partial charge on any atom is -0.487 e. The molecule has 0 bridgehead atoms. The number of allylic oxidation sites excluding steroid dienone is 1. The number of aryl methyl sites for hydroxylation is 1. The zero-order chi connectivity index (χ0) is 21.9. The third kappa shape index (κ3) is 4.17. The number of benzene rings is 2. The third-order valence-corrected chi connectivity index (χ3v) is 7.09. The summed E-state index contributed by atoms with van der Waals surface area (Å²) in [5, 5.41) is 2.08. The molecule has 0 N–H and O–H groups in total. The van der Waals surface area contributed by atoms with Crippen LogP contribution < -0.4 is 9.47 Å². The lowest BCUT2D eigenvalue weighted by Crippen LogP contribution is -2.32. The van der Waals surface area contributed by atoms with E-state index < -0.39 is 0 Å². The Bertz CT molecular complexity index is 1120. The summed E-state index contributed by atoms with van der Waals surface area (Å²) in [6, 6.07) is 16.9. The lowest BCUT2D eigenvalue weighted by Gasteiger charge is -2.21. The average molecular weight is 446 g/mol. The first-order chi connectivity index (χ1) is 15.7. The molecule has 5 heteroatoms. The lowest BCUT2D eigenvalue weighted by molar-refractivity contribution is -0.131. The van der Waals surface area contributed by atoms with E-state index in [9.17, 15) is 4.79 Å². The molecule has 0 saturated heterocycles. The van der Waals surface area contributed by atoms with Crippen molar-refractivity contribution < 1.29 is 14.3 Å². The smallest absolute Gasteiger partial charge is 0.223 e. The minimum absolute atomic E-state index is 0.0195. The number of rotatable bonds is 6. The molecule has 164 valence electrons. The van der Waals surface area contributed by atoms with Crippen molar-refractivity contribution in [3.63, 3.8) is 0 Å². The molecule has 0 fully saturated rings. The highest BCUT2D eigenvalue weighted by molar-refractivity contribution is 7.13. The second-order valence-corrected chi connectivity index (χ2v) is 9.22. The SMILES string of the molecule is C=CCCC(=O)N1CCOc2c(cc(-c3cccs3)cc2OC2CCc3ccccc32)C1. The molecule has 0 radical (unpaired) electrons. The number of carbonyl (C=O) groups is 1. The molecule has 5 rings (SSSR count). The van der Waals surface area contributed by atoms with E-state index in [1.54, 1.807) is 17.4 Å². The van der Waals surface area contributed by atoms with Gasteiger partial charge in [-0.3, -0.25) is 4.79 Å². The first-order valence-corrected chi connectivity index (χ1v) is 12.1. The largest absolute Gasteiger partial charge is 0.487 e. The van der Waals surface area contributed by atoms with E-state index >= 15 is 0 Å². The number of fused-ring (bicyclic) bond motifs is 2. The molecular formula is C27H27NO3S. The van der Waals surface area contributed by atoms with Crippen LogP contribution in [0.5, 0.6) is 11.5 Å². The molecule has 2 heterocycles. The van der Waals surface area contributed by atoms with Crippen LogP contribution in [0.3, 0.4) is 0 Å². The van der Waals surface area contributed by atoms with E-state index in [0.717, 1.165) is 35.5 Å². The molecule has 0 saturated carbocycles. The van der Waals surface area contributed by atoms with Gasteiger partial charge >= 0.3 is 0 Å². The predicted octanol–water partition coefficient (Wildman–Crippen LogP) is 6.17. The van der Waals surface area contributed by atoms with Crippen LogP contribution in [-0.2, 0) is 17.8 Å². The molecule has 2 aliphatic rings. The normalized spacial score (nSPS) is 17.1. The Labute approximate surface area is 193 Å². The molecule has 1 aliphatic heterocycles.